The van der Waals surface area contributed by atoms with Crippen molar-refractivity contribution in [3.63, 3.8) is 0 Å². The van der Waals surface area contributed by atoms with Crippen LogP contribution in [0.1, 0.15) is 11.5 Å². The minimum Gasteiger partial charge on any atom is -0.330 e. The van der Waals surface area contributed by atoms with Gasteiger partial charge in [0.1, 0.15) is 0 Å². The van der Waals surface area contributed by atoms with Gasteiger partial charge in [-0.2, -0.15) is 12.6 Å². The van der Waals surface area contributed by atoms with Crippen molar-refractivity contribution < 1.29 is 0 Å². The Kier molecular flexibility index (Phi) is 4.12. The Morgan fingerprint density at radius 1 is 1.42 bits per heavy atom. The van der Waals surface area contributed by atoms with Crippen LogP contribution in [-0.4, -0.2) is 12.3 Å². The number of hydrogen-bond acceptors (Lipinski definition) is 2. The van der Waals surface area contributed by atoms with Gasteiger partial charge in [0.05, 0.1) is 0 Å². The second-order valence-electron chi connectivity index (χ2n) is 2.64. The van der Waals surface area contributed by atoms with E-state index in [1.807, 2.05) is 18.2 Å². The summed E-state index contributed by atoms with van der Waals surface area (Å²) in [5.41, 5.74) is 6.86. The average Bonchev–Trinajstić information content (AvgIpc) is 2.10. The fourth-order valence-corrected chi connectivity index (χ4v) is 2.06. The number of benzene rings is 1. The van der Waals surface area contributed by atoms with Crippen LogP contribution in [0.5, 0.6) is 0 Å². The Bertz CT molecular complexity index is 248. The molecule has 1 aromatic rings. The Morgan fingerprint density at radius 2 is 2.08 bits per heavy atom. The number of halogens is 1. The van der Waals surface area contributed by atoms with Crippen molar-refractivity contribution in [1.29, 1.82) is 0 Å². The highest BCUT2D eigenvalue weighted by atomic mass is 79.9. The summed E-state index contributed by atoms with van der Waals surface area (Å²) >= 11 is 7.74. The number of nitrogens with two attached hydrogens (primary N) is 1. The van der Waals surface area contributed by atoms with Crippen molar-refractivity contribution in [2.75, 3.05) is 12.3 Å². The Morgan fingerprint density at radius 3 is 2.58 bits per heavy atom. The third-order valence-corrected chi connectivity index (χ3v) is 3.01. The number of hydrogen-bond donors (Lipinski definition) is 2. The van der Waals surface area contributed by atoms with Crippen molar-refractivity contribution in [1.82, 2.24) is 0 Å². The molecular weight excluding hydrogens is 234 g/mol. The minimum atomic E-state index is 0.351. The van der Waals surface area contributed by atoms with Gasteiger partial charge in [0.2, 0.25) is 0 Å². The molecule has 0 spiro atoms. The molecule has 0 heterocycles. The number of rotatable bonds is 3. The van der Waals surface area contributed by atoms with E-state index in [0.717, 1.165) is 10.2 Å². The summed E-state index contributed by atoms with van der Waals surface area (Å²) in [6, 6.07) is 8.13. The topological polar surface area (TPSA) is 26.0 Å². The van der Waals surface area contributed by atoms with E-state index >= 15 is 0 Å². The van der Waals surface area contributed by atoms with Gasteiger partial charge in [-0.1, -0.05) is 34.1 Å². The first-order chi connectivity index (χ1) is 5.79. The summed E-state index contributed by atoms with van der Waals surface area (Å²) in [7, 11) is 0. The second-order valence-corrected chi connectivity index (χ2v) is 3.86. The first-order valence-corrected chi connectivity index (χ1v) is 5.27. The highest BCUT2D eigenvalue weighted by Gasteiger charge is 2.09. The lowest BCUT2D eigenvalue weighted by atomic mass is 10.0. The lowest BCUT2D eigenvalue weighted by Gasteiger charge is -2.13. The van der Waals surface area contributed by atoms with E-state index in [9.17, 15) is 0 Å². The predicted molar refractivity (Wildman–Crippen MR) is 59.8 cm³/mol. The molecule has 0 aliphatic heterocycles. The first-order valence-electron chi connectivity index (χ1n) is 3.85. The van der Waals surface area contributed by atoms with Gasteiger partial charge >= 0.3 is 0 Å². The molecule has 1 atom stereocenters. The monoisotopic (exact) mass is 245 g/mol. The number of thiol groups is 1. The van der Waals surface area contributed by atoms with Crippen molar-refractivity contribution in [3.8, 4) is 0 Å². The lowest BCUT2D eigenvalue weighted by molar-refractivity contribution is 0.783. The predicted octanol–water partition coefficient (Wildman–Crippen LogP) is 2.42. The SMILES string of the molecule is NCC(CS)c1ccccc1Br. The van der Waals surface area contributed by atoms with Crippen LogP contribution in [0.25, 0.3) is 0 Å². The molecule has 1 rings (SSSR count). The molecule has 0 bridgehead atoms. The smallest absolute Gasteiger partial charge is 0.0210 e. The summed E-state index contributed by atoms with van der Waals surface area (Å²) in [6.45, 7) is 0.645. The second kappa shape index (κ2) is 4.90. The first kappa shape index (κ1) is 10.1. The molecule has 1 aromatic carbocycles. The lowest BCUT2D eigenvalue weighted by Crippen LogP contribution is -2.14. The molecular formula is C9H12BrNS. The van der Waals surface area contributed by atoms with Gasteiger partial charge in [-0.25, -0.2) is 0 Å². The van der Waals surface area contributed by atoms with Gasteiger partial charge in [-0.15, -0.1) is 0 Å². The minimum absolute atomic E-state index is 0.351. The van der Waals surface area contributed by atoms with Gasteiger partial charge < -0.3 is 5.73 Å². The average molecular weight is 246 g/mol. The van der Waals surface area contributed by atoms with Crippen LogP contribution in [0.3, 0.4) is 0 Å². The van der Waals surface area contributed by atoms with Crippen LogP contribution >= 0.6 is 28.6 Å². The maximum Gasteiger partial charge on any atom is 0.0210 e. The van der Waals surface area contributed by atoms with E-state index < -0.39 is 0 Å². The van der Waals surface area contributed by atoms with Crippen molar-refractivity contribution in [2.45, 2.75) is 5.92 Å². The summed E-state index contributed by atoms with van der Waals surface area (Å²) < 4.78 is 1.12. The van der Waals surface area contributed by atoms with E-state index in [1.165, 1.54) is 5.56 Å². The van der Waals surface area contributed by atoms with E-state index in [0.29, 0.717) is 12.5 Å². The quantitative estimate of drug-likeness (QED) is 0.787. The molecule has 0 aliphatic carbocycles. The third kappa shape index (κ3) is 2.25. The maximum absolute atomic E-state index is 5.61. The molecule has 1 unspecified atom stereocenters. The van der Waals surface area contributed by atoms with Crippen LogP contribution < -0.4 is 5.73 Å². The fraction of sp³-hybridized carbons (Fsp3) is 0.333. The Balaban J connectivity index is 2.92. The Labute approximate surface area is 86.9 Å². The molecule has 0 saturated heterocycles. The highest BCUT2D eigenvalue weighted by Crippen LogP contribution is 2.24. The Hall–Kier alpha value is 0.01000. The van der Waals surface area contributed by atoms with Crippen molar-refractivity contribution in [3.05, 3.63) is 34.3 Å². The molecule has 0 amide bonds. The molecule has 0 aromatic heterocycles. The van der Waals surface area contributed by atoms with Crippen molar-refractivity contribution >= 4 is 28.6 Å². The van der Waals surface area contributed by atoms with Crippen LogP contribution in [-0.2, 0) is 0 Å². The van der Waals surface area contributed by atoms with Crippen LogP contribution in [0.15, 0.2) is 28.7 Å². The fourth-order valence-electron chi connectivity index (χ4n) is 1.11. The van der Waals surface area contributed by atoms with Crippen LogP contribution in [0, 0.1) is 0 Å². The zero-order chi connectivity index (χ0) is 8.97. The zero-order valence-corrected chi connectivity index (χ0v) is 9.18. The largest absolute Gasteiger partial charge is 0.330 e. The molecule has 0 saturated carbocycles. The molecule has 0 radical (unpaired) electrons. The van der Waals surface area contributed by atoms with E-state index in [4.69, 9.17) is 5.73 Å². The van der Waals surface area contributed by atoms with E-state index in [2.05, 4.69) is 34.6 Å². The maximum atomic E-state index is 5.61. The molecule has 3 heteroatoms. The van der Waals surface area contributed by atoms with Crippen LogP contribution in [0.2, 0.25) is 0 Å². The van der Waals surface area contributed by atoms with Crippen molar-refractivity contribution in [2.24, 2.45) is 5.73 Å². The molecule has 1 nitrogen and oxygen atoms in total. The van der Waals surface area contributed by atoms with E-state index in [1.54, 1.807) is 0 Å². The summed E-state index contributed by atoms with van der Waals surface area (Å²) in [6.07, 6.45) is 0. The molecule has 12 heavy (non-hydrogen) atoms. The molecule has 0 aliphatic rings. The third-order valence-electron chi connectivity index (χ3n) is 1.85. The van der Waals surface area contributed by atoms with Crippen LogP contribution in [0.4, 0.5) is 0 Å². The molecule has 0 fully saturated rings. The standard InChI is InChI=1S/C9H12BrNS/c10-9-4-2-1-3-8(9)7(5-11)6-12/h1-4,7,12H,5-6,11H2. The summed E-state index contributed by atoms with van der Waals surface area (Å²) in [5.74, 6) is 1.14. The van der Waals surface area contributed by atoms with E-state index in [-0.39, 0.29) is 0 Å². The van der Waals surface area contributed by atoms with Gasteiger partial charge in [0.25, 0.3) is 0 Å². The van der Waals surface area contributed by atoms with Gasteiger partial charge in [-0.05, 0) is 17.4 Å². The van der Waals surface area contributed by atoms with Gasteiger partial charge in [0, 0.05) is 16.9 Å². The zero-order valence-electron chi connectivity index (χ0n) is 6.70. The van der Waals surface area contributed by atoms with Gasteiger partial charge in [0.15, 0.2) is 0 Å². The highest BCUT2D eigenvalue weighted by molar-refractivity contribution is 9.10. The summed E-state index contributed by atoms with van der Waals surface area (Å²) in [5, 5.41) is 0. The normalized spacial score (nSPS) is 12.9. The molecule has 2 N–H and O–H groups in total. The summed E-state index contributed by atoms with van der Waals surface area (Å²) in [4.78, 5) is 0. The van der Waals surface area contributed by atoms with Gasteiger partial charge in [-0.3, -0.25) is 0 Å². The molecule has 66 valence electrons.